The molecule has 1 heterocycles. The summed E-state index contributed by atoms with van der Waals surface area (Å²) >= 11 is 0. The third-order valence-corrected chi connectivity index (χ3v) is 4.05. The quantitative estimate of drug-likeness (QED) is 0.854. The second-order valence-corrected chi connectivity index (χ2v) is 5.81. The Hall–Kier alpha value is -1.59. The molecule has 2 unspecified atom stereocenters. The number of amides is 1. The molecule has 0 bridgehead atoms. The zero-order valence-corrected chi connectivity index (χ0v) is 13.0. The molecule has 1 amide bonds. The Morgan fingerprint density at radius 1 is 1.48 bits per heavy atom. The fourth-order valence-corrected chi connectivity index (χ4v) is 2.78. The van der Waals surface area contributed by atoms with Crippen molar-refractivity contribution in [3.63, 3.8) is 0 Å². The Morgan fingerprint density at radius 2 is 2.24 bits per heavy atom. The summed E-state index contributed by atoms with van der Waals surface area (Å²) in [6, 6.07) is 8.05. The minimum Gasteiger partial charge on any atom is -0.497 e. The summed E-state index contributed by atoms with van der Waals surface area (Å²) in [7, 11) is 5.67. The Labute approximate surface area is 126 Å². The van der Waals surface area contributed by atoms with Crippen molar-refractivity contribution in [3.05, 3.63) is 29.8 Å². The molecule has 2 rings (SSSR count). The van der Waals surface area contributed by atoms with Crippen molar-refractivity contribution >= 4 is 5.91 Å². The van der Waals surface area contributed by atoms with E-state index in [-0.39, 0.29) is 24.5 Å². The number of benzene rings is 1. The lowest BCUT2D eigenvalue weighted by Crippen LogP contribution is -2.36. The molecule has 0 aliphatic carbocycles. The van der Waals surface area contributed by atoms with E-state index in [0.29, 0.717) is 19.5 Å². The predicted octanol–water partition coefficient (Wildman–Crippen LogP) is 1.14. The number of ether oxygens (including phenoxy) is 1. The highest BCUT2D eigenvalue weighted by molar-refractivity contribution is 5.78. The molecule has 0 aromatic heterocycles. The van der Waals surface area contributed by atoms with Crippen molar-refractivity contribution in [2.24, 2.45) is 5.92 Å². The smallest absolute Gasteiger partial charge is 0.223 e. The molecule has 116 valence electrons. The number of hydrogen-bond donors (Lipinski definition) is 1. The van der Waals surface area contributed by atoms with E-state index in [1.54, 1.807) is 7.11 Å². The van der Waals surface area contributed by atoms with E-state index in [1.165, 1.54) is 0 Å². The molecule has 0 spiro atoms. The predicted molar refractivity (Wildman–Crippen MR) is 81.2 cm³/mol. The molecule has 1 aromatic rings. The van der Waals surface area contributed by atoms with Crippen molar-refractivity contribution < 1.29 is 14.6 Å². The molecular formula is C16H24N2O3. The highest BCUT2D eigenvalue weighted by Gasteiger charge is 2.31. The van der Waals surface area contributed by atoms with E-state index in [9.17, 15) is 9.90 Å². The van der Waals surface area contributed by atoms with Crippen molar-refractivity contribution in [2.75, 3.05) is 40.9 Å². The average molecular weight is 292 g/mol. The van der Waals surface area contributed by atoms with Crippen LogP contribution >= 0.6 is 0 Å². The maximum absolute atomic E-state index is 12.0. The first kappa shape index (κ1) is 15.8. The number of carbonyl (C=O) groups excluding carboxylic acids is 1. The summed E-state index contributed by atoms with van der Waals surface area (Å²) in [5.41, 5.74) is 1.12. The number of carbonyl (C=O) groups is 1. The molecular weight excluding hydrogens is 268 g/mol. The van der Waals surface area contributed by atoms with Crippen LogP contribution in [0.5, 0.6) is 5.75 Å². The van der Waals surface area contributed by atoms with Gasteiger partial charge in [-0.1, -0.05) is 12.1 Å². The van der Waals surface area contributed by atoms with Gasteiger partial charge in [-0.3, -0.25) is 4.79 Å². The Bertz CT molecular complexity index is 490. The van der Waals surface area contributed by atoms with Crippen LogP contribution < -0.4 is 4.74 Å². The molecule has 2 atom stereocenters. The van der Waals surface area contributed by atoms with Crippen molar-refractivity contribution in [3.8, 4) is 5.75 Å². The Morgan fingerprint density at radius 3 is 2.81 bits per heavy atom. The van der Waals surface area contributed by atoms with Gasteiger partial charge in [-0.2, -0.15) is 0 Å². The summed E-state index contributed by atoms with van der Waals surface area (Å²) in [5, 5.41) is 9.22. The lowest BCUT2D eigenvalue weighted by atomic mass is 10.0. The summed E-state index contributed by atoms with van der Waals surface area (Å²) < 4.78 is 5.28. The molecule has 1 fully saturated rings. The number of aliphatic hydroxyl groups excluding tert-OH is 1. The minimum atomic E-state index is 0.0746. The zero-order chi connectivity index (χ0) is 15.4. The van der Waals surface area contributed by atoms with Crippen molar-refractivity contribution in [2.45, 2.75) is 12.5 Å². The average Bonchev–Trinajstić information content (AvgIpc) is 2.84. The molecule has 5 heteroatoms. The van der Waals surface area contributed by atoms with Gasteiger partial charge in [0.2, 0.25) is 5.91 Å². The fourth-order valence-electron chi connectivity index (χ4n) is 2.78. The first-order valence-corrected chi connectivity index (χ1v) is 7.24. The van der Waals surface area contributed by atoms with Crippen LogP contribution in [0.3, 0.4) is 0 Å². The molecule has 1 aliphatic rings. The molecule has 1 aromatic carbocycles. The van der Waals surface area contributed by atoms with Gasteiger partial charge in [-0.05, 0) is 31.8 Å². The number of likely N-dealkylation sites (N-methyl/N-ethyl adjacent to an activating group) is 1. The van der Waals surface area contributed by atoms with E-state index >= 15 is 0 Å². The van der Waals surface area contributed by atoms with Crippen molar-refractivity contribution in [1.29, 1.82) is 0 Å². The van der Waals surface area contributed by atoms with Crippen LogP contribution in [0.15, 0.2) is 24.3 Å². The largest absolute Gasteiger partial charge is 0.497 e. The van der Waals surface area contributed by atoms with Gasteiger partial charge in [0.15, 0.2) is 0 Å². The lowest BCUT2D eigenvalue weighted by molar-refractivity contribution is -0.128. The number of nitrogens with zero attached hydrogens (tertiary/aromatic N) is 2. The number of rotatable bonds is 6. The lowest BCUT2D eigenvalue weighted by Gasteiger charge is -2.29. The molecule has 0 radical (unpaired) electrons. The minimum absolute atomic E-state index is 0.0746. The maximum atomic E-state index is 12.0. The Balaban J connectivity index is 2.14. The number of aliphatic hydroxyl groups is 1. The number of hydrogen-bond acceptors (Lipinski definition) is 4. The van der Waals surface area contributed by atoms with Gasteiger partial charge in [0.1, 0.15) is 5.75 Å². The topological polar surface area (TPSA) is 53.0 Å². The highest BCUT2D eigenvalue weighted by atomic mass is 16.5. The second kappa shape index (κ2) is 6.91. The fraction of sp³-hybridized carbons (Fsp3) is 0.562. The molecule has 1 N–H and O–H groups in total. The number of methoxy groups -OCH3 is 1. The van der Waals surface area contributed by atoms with E-state index in [4.69, 9.17) is 4.74 Å². The van der Waals surface area contributed by atoms with Gasteiger partial charge < -0.3 is 19.6 Å². The SMILES string of the molecule is COc1cccc(C(CN2CC(CO)CC2=O)N(C)C)c1. The van der Waals surface area contributed by atoms with Crippen molar-refractivity contribution in [1.82, 2.24) is 9.80 Å². The first-order valence-electron chi connectivity index (χ1n) is 7.24. The third kappa shape index (κ3) is 3.74. The molecule has 21 heavy (non-hydrogen) atoms. The summed E-state index contributed by atoms with van der Waals surface area (Å²) in [4.78, 5) is 16.0. The van der Waals surface area contributed by atoms with E-state index in [1.807, 2.05) is 37.2 Å². The molecule has 5 nitrogen and oxygen atoms in total. The first-order chi connectivity index (χ1) is 10.0. The summed E-state index contributed by atoms with van der Waals surface area (Å²) in [6.07, 6.45) is 0.453. The van der Waals surface area contributed by atoms with Crippen LogP contribution in [0.25, 0.3) is 0 Å². The standard InChI is InChI=1S/C16H24N2O3/c1-17(2)15(13-5-4-6-14(8-13)21-3)10-18-9-12(11-19)7-16(18)20/h4-6,8,12,15,19H,7,9-11H2,1-3H3. The number of likely N-dealkylation sites (tertiary alicyclic amines) is 1. The van der Waals surface area contributed by atoms with Crippen LogP contribution in [0.2, 0.25) is 0 Å². The molecule has 1 saturated heterocycles. The van der Waals surface area contributed by atoms with Gasteiger partial charge in [0.05, 0.1) is 13.2 Å². The van der Waals surface area contributed by atoms with Gasteiger partial charge in [0.25, 0.3) is 0 Å². The summed E-state index contributed by atoms with van der Waals surface area (Å²) in [6.45, 7) is 1.35. The van der Waals surface area contributed by atoms with Gasteiger partial charge in [0, 0.05) is 32.0 Å². The monoisotopic (exact) mass is 292 g/mol. The van der Waals surface area contributed by atoms with Crippen LogP contribution in [0.1, 0.15) is 18.0 Å². The van der Waals surface area contributed by atoms with E-state index in [0.717, 1.165) is 11.3 Å². The second-order valence-electron chi connectivity index (χ2n) is 5.81. The van der Waals surface area contributed by atoms with Crippen LogP contribution in [0, 0.1) is 5.92 Å². The summed E-state index contributed by atoms with van der Waals surface area (Å²) in [5.74, 6) is 1.02. The van der Waals surface area contributed by atoms with E-state index < -0.39 is 0 Å². The molecule has 1 aliphatic heterocycles. The van der Waals surface area contributed by atoms with E-state index in [2.05, 4.69) is 11.0 Å². The normalized spacial score (nSPS) is 20.1. The molecule has 0 saturated carbocycles. The van der Waals surface area contributed by atoms with Crippen LogP contribution in [-0.2, 0) is 4.79 Å². The van der Waals surface area contributed by atoms with Crippen LogP contribution in [0.4, 0.5) is 0 Å². The van der Waals surface area contributed by atoms with Crippen LogP contribution in [-0.4, -0.2) is 61.7 Å². The Kier molecular flexibility index (Phi) is 5.20. The van der Waals surface area contributed by atoms with Gasteiger partial charge in [-0.15, -0.1) is 0 Å². The highest BCUT2D eigenvalue weighted by Crippen LogP contribution is 2.26. The van der Waals surface area contributed by atoms with Gasteiger partial charge in [-0.25, -0.2) is 0 Å². The third-order valence-electron chi connectivity index (χ3n) is 4.05. The maximum Gasteiger partial charge on any atom is 0.223 e. The zero-order valence-electron chi connectivity index (χ0n) is 13.0. The van der Waals surface area contributed by atoms with Gasteiger partial charge >= 0.3 is 0 Å².